The molecule has 0 aliphatic rings. The Morgan fingerprint density at radius 2 is 0.773 bits per heavy atom. The van der Waals surface area contributed by atoms with Gasteiger partial charge in [-0.05, 0) is 0 Å². The lowest BCUT2D eigenvalue weighted by Gasteiger charge is -2.46. The summed E-state index contributed by atoms with van der Waals surface area (Å²) in [7, 11) is 6.30. The summed E-state index contributed by atoms with van der Waals surface area (Å²) in [5.74, 6) is -2.50. The van der Waals surface area contributed by atoms with Crippen molar-refractivity contribution in [3.05, 3.63) is 71.8 Å². The third kappa shape index (κ3) is 2.44. The Kier molecular flexibility index (Phi) is 5.32. The Hall–Kier alpha value is -1.72. The van der Waals surface area contributed by atoms with Gasteiger partial charge in [0.05, 0.1) is 0 Å². The molecule has 2 aromatic rings. The van der Waals surface area contributed by atoms with Crippen LogP contribution >= 0.6 is 0 Å². The van der Waals surface area contributed by atoms with Crippen molar-refractivity contribution in [3.8, 4) is 0 Å². The second-order valence-electron chi connectivity index (χ2n) is 4.78. The molecule has 0 atom stereocenters. The van der Waals surface area contributed by atoms with Crippen LogP contribution < -0.4 is 0 Å². The van der Waals surface area contributed by atoms with Gasteiger partial charge in [-0.2, -0.15) is 0 Å². The summed E-state index contributed by atoms with van der Waals surface area (Å²) < 4.78 is 23.2. The second-order valence-corrected chi connectivity index (χ2v) is 4.78. The van der Waals surface area contributed by atoms with Crippen molar-refractivity contribution in [3.63, 3.8) is 0 Å². The molecule has 0 saturated heterocycles. The number of rotatable bonds is 7. The summed E-state index contributed by atoms with van der Waals surface area (Å²) in [4.78, 5) is 0. The summed E-state index contributed by atoms with van der Waals surface area (Å²) in [6.45, 7) is 0. The smallest absolute Gasteiger partial charge is 0.255 e. The van der Waals surface area contributed by atoms with E-state index < -0.39 is 11.6 Å². The number of methoxy groups -OCH3 is 4. The predicted molar refractivity (Wildman–Crippen MR) is 84.3 cm³/mol. The standard InChI is InChI=1S/C18H22O4/c1-19-17(20-2,15-11-7-5-8-12-15)18(21-3,22-4)16-13-9-6-10-14-16/h5-14H,1-4H3. The van der Waals surface area contributed by atoms with Gasteiger partial charge < -0.3 is 18.9 Å². The summed E-state index contributed by atoms with van der Waals surface area (Å²) in [6.07, 6.45) is 0. The van der Waals surface area contributed by atoms with Gasteiger partial charge in [-0.3, -0.25) is 0 Å². The fourth-order valence-corrected chi connectivity index (χ4v) is 2.87. The van der Waals surface area contributed by atoms with E-state index >= 15 is 0 Å². The lowest BCUT2D eigenvalue weighted by molar-refractivity contribution is -0.406. The van der Waals surface area contributed by atoms with E-state index in [0.29, 0.717) is 0 Å². The van der Waals surface area contributed by atoms with Crippen molar-refractivity contribution < 1.29 is 18.9 Å². The van der Waals surface area contributed by atoms with Crippen LogP contribution in [0.1, 0.15) is 11.1 Å². The van der Waals surface area contributed by atoms with Gasteiger partial charge in [-0.25, -0.2) is 0 Å². The number of hydrogen-bond acceptors (Lipinski definition) is 4. The lowest BCUT2D eigenvalue weighted by Crippen LogP contribution is -2.54. The summed E-state index contributed by atoms with van der Waals surface area (Å²) >= 11 is 0. The zero-order valence-corrected chi connectivity index (χ0v) is 13.4. The van der Waals surface area contributed by atoms with Crippen molar-refractivity contribution in [2.75, 3.05) is 28.4 Å². The van der Waals surface area contributed by atoms with Crippen LogP contribution in [-0.2, 0) is 30.5 Å². The maximum Gasteiger partial charge on any atom is 0.255 e. The van der Waals surface area contributed by atoms with Crippen LogP contribution in [0.15, 0.2) is 60.7 Å². The molecular formula is C18H22O4. The quantitative estimate of drug-likeness (QED) is 0.736. The molecule has 2 aromatic carbocycles. The number of ether oxygens (including phenoxy) is 4. The molecular weight excluding hydrogens is 280 g/mol. The molecule has 0 aromatic heterocycles. The maximum atomic E-state index is 5.80. The SMILES string of the molecule is COC(OC)(c1ccccc1)C(OC)(OC)c1ccccc1. The minimum absolute atomic E-state index is 0.799. The average molecular weight is 302 g/mol. The summed E-state index contributed by atoms with van der Waals surface area (Å²) in [5.41, 5.74) is 1.60. The van der Waals surface area contributed by atoms with Gasteiger partial charge in [0.15, 0.2) is 0 Å². The first-order valence-corrected chi connectivity index (χ1v) is 7.02. The van der Waals surface area contributed by atoms with Crippen LogP contribution in [0.25, 0.3) is 0 Å². The van der Waals surface area contributed by atoms with Crippen molar-refractivity contribution in [2.24, 2.45) is 0 Å². The Morgan fingerprint density at radius 3 is 1.00 bits per heavy atom. The van der Waals surface area contributed by atoms with Crippen LogP contribution in [0, 0.1) is 0 Å². The van der Waals surface area contributed by atoms with Gasteiger partial charge in [-0.1, -0.05) is 60.7 Å². The number of benzene rings is 2. The van der Waals surface area contributed by atoms with Gasteiger partial charge >= 0.3 is 0 Å². The van der Waals surface area contributed by atoms with E-state index in [0.717, 1.165) is 11.1 Å². The highest BCUT2D eigenvalue weighted by Crippen LogP contribution is 2.46. The molecule has 0 spiro atoms. The third-order valence-corrected chi connectivity index (χ3v) is 3.89. The minimum Gasteiger partial charge on any atom is -0.345 e. The topological polar surface area (TPSA) is 36.9 Å². The van der Waals surface area contributed by atoms with E-state index in [1.165, 1.54) is 0 Å². The fourth-order valence-electron chi connectivity index (χ4n) is 2.87. The Labute approximate surface area is 131 Å². The summed E-state index contributed by atoms with van der Waals surface area (Å²) in [5, 5.41) is 0. The van der Waals surface area contributed by atoms with E-state index in [2.05, 4.69) is 0 Å². The van der Waals surface area contributed by atoms with Gasteiger partial charge in [0.2, 0.25) is 0 Å². The van der Waals surface area contributed by atoms with E-state index in [9.17, 15) is 0 Å². The number of hydrogen-bond donors (Lipinski definition) is 0. The van der Waals surface area contributed by atoms with E-state index in [1.54, 1.807) is 28.4 Å². The molecule has 0 saturated carbocycles. The summed E-state index contributed by atoms with van der Waals surface area (Å²) in [6, 6.07) is 19.2. The second kappa shape index (κ2) is 7.03. The molecule has 0 unspecified atom stereocenters. The molecule has 22 heavy (non-hydrogen) atoms. The van der Waals surface area contributed by atoms with Crippen LogP contribution in [0.3, 0.4) is 0 Å². The molecule has 4 heteroatoms. The first-order chi connectivity index (χ1) is 10.7. The van der Waals surface area contributed by atoms with Crippen LogP contribution in [0.2, 0.25) is 0 Å². The molecule has 2 rings (SSSR count). The molecule has 118 valence electrons. The zero-order valence-electron chi connectivity index (χ0n) is 13.4. The minimum atomic E-state index is -1.25. The first-order valence-electron chi connectivity index (χ1n) is 7.02. The van der Waals surface area contributed by atoms with Gasteiger partial charge in [0.25, 0.3) is 11.6 Å². The molecule has 0 aliphatic carbocycles. The fraction of sp³-hybridized carbons (Fsp3) is 0.333. The van der Waals surface area contributed by atoms with Crippen LogP contribution in [0.5, 0.6) is 0 Å². The molecule has 0 amide bonds. The van der Waals surface area contributed by atoms with Gasteiger partial charge in [-0.15, -0.1) is 0 Å². The Balaban J connectivity index is 2.71. The largest absolute Gasteiger partial charge is 0.345 e. The van der Waals surface area contributed by atoms with Crippen LogP contribution in [0.4, 0.5) is 0 Å². The van der Waals surface area contributed by atoms with Crippen LogP contribution in [-0.4, -0.2) is 28.4 Å². The highest BCUT2D eigenvalue weighted by molar-refractivity contribution is 5.30. The Morgan fingerprint density at radius 1 is 0.500 bits per heavy atom. The van der Waals surface area contributed by atoms with E-state index in [1.807, 2.05) is 60.7 Å². The molecule has 4 nitrogen and oxygen atoms in total. The van der Waals surface area contributed by atoms with Crippen molar-refractivity contribution >= 4 is 0 Å². The zero-order chi connectivity index (χ0) is 16.1. The van der Waals surface area contributed by atoms with Crippen molar-refractivity contribution in [2.45, 2.75) is 11.6 Å². The van der Waals surface area contributed by atoms with E-state index in [-0.39, 0.29) is 0 Å². The highest BCUT2D eigenvalue weighted by atomic mass is 16.8. The first kappa shape index (κ1) is 16.6. The molecule has 0 N–H and O–H groups in total. The van der Waals surface area contributed by atoms with E-state index in [4.69, 9.17) is 18.9 Å². The predicted octanol–water partition coefficient (Wildman–Crippen LogP) is 3.28. The maximum absolute atomic E-state index is 5.80. The van der Waals surface area contributed by atoms with Crippen molar-refractivity contribution in [1.29, 1.82) is 0 Å². The third-order valence-electron chi connectivity index (χ3n) is 3.89. The molecule has 0 fully saturated rings. The molecule has 0 heterocycles. The lowest BCUT2D eigenvalue weighted by atomic mass is 9.90. The average Bonchev–Trinajstić information content (AvgIpc) is 2.61. The monoisotopic (exact) mass is 302 g/mol. The molecule has 0 aliphatic heterocycles. The molecule has 0 radical (unpaired) electrons. The Bertz CT molecular complexity index is 507. The molecule has 0 bridgehead atoms. The normalized spacial score (nSPS) is 12.4. The highest BCUT2D eigenvalue weighted by Gasteiger charge is 2.57. The van der Waals surface area contributed by atoms with Gasteiger partial charge in [0.1, 0.15) is 0 Å². The van der Waals surface area contributed by atoms with Crippen molar-refractivity contribution in [1.82, 2.24) is 0 Å². The van der Waals surface area contributed by atoms with Gasteiger partial charge in [0, 0.05) is 39.6 Å².